The summed E-state index contributed by atoms with van der Waals surface area (Å²) in [6.45, 7) is 1.22. The lowest BCUT2D eigenvalue weighted by Crippen LogP contribution is -2.38. The summed E-state index contributed by atoms with van der Waals surface area (Å²) in [5.41, 5.74) is 0. The Labute approximate surface area is 110 Å². The van der Waals surface area contributed by atoms with E-state index in [1.54, 1.807) is 0 Å². The van der Waals surface area contributed by atoms with Gasteiger partial charge in [-0.15, -0.1) is 0 Å². The van der Waals surface area contributed by atoms with E-state index in [0.717, 1.165) is 0 Å². The predicted octanol–water partition coefficient (Wildman–Crippen LogP) is 1.10. The Morgan fingerprint density at radius 2 is 2.11 bits per heavy atom. The number of aliphatic carboxylic acids is 1. The third kappa shape index (κ3) is 3.34. The smallest absolute Gasteiger partial charge is 0.321 e. The molecule has 0 aliphatic rings. The van der Waals surface area contributed by atoms with E-state index in [1.807, 2.05) is 4.72 Å². The van der Waals surface area contributed by atoms with E-state index in [2.05, 4.69) is 0 Å². The predicted molar refractivity (Wildman–Crippen MR) is 65.4 cm³/mol. The number of carboxylic acid groups (broad SMARTS) is 1. The van der Waals surface area contributed by atoms with Crippen LogP contribution in [0.4, 0.5) is 0 Å². The molecule has 1 aromatic carbocycles. The van der Waals surface area contributed by atoms with E-state index in [1.165, 1.54) is 32.2 Å². The summed E-state index contributed by atoms with van der Waals surface area (Å²) >= 11 is 5.71. The maximum absolute atomic E-state index is 11.9. The Morgan fingerprint density at radius 3 is 2.61 bits per heavy atom. The number of hydrogen-bond donors (Lipinski definition) is 2. The van der Waals surface area contributed by atoms with Crippen LogP contribution in [0.15, 0.2) is 23.1 Å². The fourth-order valence-corrected chi connectivity index (χ4v) is 2.72. The van der Waals surface area contributed by atoms with Crippen molar-refractivity contribution in [3.05, 3.63) is 23.2 Å². The van der Waals surface area contributed by atoms with Crippen LogP contribution >= 0.6 is 11.6 Å². The first-order valence-corrected chi connectivity index (χ1v) is 6.72. The molecule has 0 aliphatic heterocycles. The Balaban J connectivity index is 3.16. The summed E-state index contributed by atoms with van der Waals surface area (Å²) in [6, 6.07) is 2.72. The second-order valence-corrected chi connectivity index (χ2v) is 5.60. The highest BCUT2D eigenvalue weighted by Crippen LogP contribution is 2.27. The van der Waals surface area contributed by atoms with Gasteiger partial charge in [-0.25, -0.2) is 8.42 Å². The number of ether oxygens (including phenoxy) is 1. The van der Waals surface area contributed by atoms with Gasteiger partial charge in [0.05, 0.1) is 7.11 Å². The third-order valence-electron chi connectivity index (χ3n) is 2.12. The first-order valence-electron chi connectivity index (χ1n) is 4.86. The lowest BCUT2D eigenvalue weighted by atomic mass is 10.3. The van der Waals surface area contributed by atoms with Crippen LogP contribution in [0.1, 0.15) is 6.92 Å². The number of halogens is 1. The monoisotopic (exact) mass is 293 g/mol. The zero-order valence-electron chi connectivity index (χ0n) is 9.68. The van der Waals surface area contributed by atoms with E-state index in [9.17, 15) is 13.2 Å². The van der Waals surface area contributed by atoms with Crippen LogP contribution in [0.2, 0.25) is 5.02 Å². The average molecular weight is 294 g/mol. The van der Waals surface area contributed by atoms with Crippen molar-refractivity contribution in [2.45, 2.75) is 17.9 Å². The van der Waals surface area contributed by atoms with Crippen molar-refractivity contribution in [3.8, 4) is 5.75 Å². The largest absolute Gasteiger partial charge is 0.495 e. The van der Waals surface area contributed by atoms with Crippen LogP contribution in [0.5, 0.6) is 5.75 Å². The molecule has 0 saturated carbocycles. The van der Waals surface area contributed by atoms with Crippen molar-refractivity contribution >= 4 is 27.6 Å². The van der Waals surface area contributed by atoms with Gasteiger partial charge in [0.1, 0.15) is 16.7 Å². The van der Waals surface area contributed by atoms with E-state index < -0.39 is 22.0 Å². The molecule has 18 heavy (non-hydrogen) atoms. The van der Waals surface area contributed by atoms with Gasteiger partial charge >= 0.3 is 5.97 Å². The zero-order valence-corrected chi connectivity index (χ0v) is 11.2. The minimum atomic E-state index is -3.98. The van der Waals surface area contributed by atoms with E-state index in [4.69, 9.17) is 21.4 Å². The fourth-order valence-electron chi connectivity index (χ4n) is 1.21. The summed E-state index contributed by atoms with van der Waals surface area (Å²) in [5.74, 6) is -1.22. The normalized spacial score (nSPS) is 13.1. The number of rotatable bonds is 5. The molecule has 2 N–H and O–H groups in total. The molecule has 0 bridgehead atoms. The minimum Gasteiger partial charge on any atom is -0.495 e. The molecule has 0 spiro atoms. The number of carbonyl (C=O) groups is 1. The number of nitrogens with one attached hydrogen (secondary N) is 1. The second-order valence-electron chi connectivity index (χ2n) is 3.48. The van der Waals surface area contributed by atoms with E-state index >= 15 is 0 Å². The lowest BCUT2D eigenvalue weighted by molar-refractivity contribution is -0.138. The van der Waals surface area contributed by atoms with Gasteiger partial charge in [0.2, 0.25) is 10.0 Å². The summed E-state index contributed by atoms with van der Waals surface area (Å²) in [7, 11) is -2.68. The minimum absolute atomic E-state index is 0.0487. The highest BCUT2D eigenvalue weighted by molar-refractivity contribution is 7.89. The SMILES string of the molecule is COc1cc(Cl)ccc1S(=O)(=O)NC(C)C(=O)O. The van der Waals surface area contributed by atoms with Gasteiger partial charge in [-0.3, -0.25) is 4.79 Å². The third-order valence-corrected chi connectivity index (χ3v) is 3.93. The number of benzene rings is 1. The van der Waals surface area contributed by atoms with Gasteiger partial charge in [0, 0.05) is 11.1 Å². The van der Waals surface area contributed by atoms with Gasteiger partial charge in [-0.1, -0.05) is 11.6 Å². The van der Waals surface area contributed by atoms with Crippen LogP contribution in [0.3, 0.4) is 0 Å². The summed E-state index contributed by atoms with van der Waals surface area (Å²) in [5, 5.41) is 9.00. The Bertz CT molecular complexity index is 557. The Hall–Kier alpha value is -1.31. The molecular formula is C10H12ClNO5S. The summed E-state index contributed by atoms with van der Waals surface area (Å²) < 4.78 is 30.8. The van der Waals surface area contributed by atoms with Crippen molar-refractivity contribution in [1.82, 2.24) is 4.72 Å². The van der Waals surface area contributed by atoms with Gasteiger partial charge in [-0.05, 0) is 19.1 Å². The lowest BCUT2D eigenvalue weighted by Gasteiger charge is -2.13. The molecule has 0 aliphatic carbocycles. The number of carboxylic acids is 1. The second kappa shape index (κ2) is 5.55. The van der Waals surface area contributed by atoms with Crippen molar-refractivity contribution in [1.29, 1.82) is 0 Å². The molecule has 1 aromatic rings. The van der Waals surface area contributed by atoms with E-state index in [-0.39, 0.29) is 10.6 Å². The van der Waals surface area contributed by atoms with E-state index in [0.29, 0.717) is 5.02 Å². The maximum Gasteiger partial charge on any atom is 0.321 e. The maximum atomic E-state index is 11.9. The van der Waals surface area contributed by atoms with Crippen molar-refractivity contribution in [2.75, 3.05) is 7.11 Å². The quantitative estimate of drug-likeness (QED) is 0.848. The van der Waals surface area contributed by atoms with Gasteiger partial charge < -0.3 is 9.84 Å². The van der Waals surface area contributed by atoms with Crippen molar-refractivity contribution in [2.24, 2.45) is 0 Å². The first kappa shape index (κ1) is 14.7. The summed E-state index contributed by atoms with van der Waals surface area (Å²) in [6.07, 6.45) is 0. The van der Waals surface area contributed by atoms with Crippen molar-refractivity contribution < 1.29 is 23.1 Å². The zero-order chi connectivity index (χ0) is 13.9. The van der Waals surface area contributed by atoms with Crippen LogP contribution in [0, 0.1) is 0 Å². The standard InChI is InChI=1S/C10H12ClNO5S/c1-6(10(13)14)12-18(15,16)9-4-3-7(11)5-8(9)17-2/h3-6,12H,1-2H3,(H,13,14). The molecule has 6 nitrogen and oxygen atoms in total. The molecular weight excluding hydrogens is 282 g/mol. The number of methoxy groups -OCH3 is 1. The first-order chi connectivity index (χ1) is 8.27. The van der Waals surface area contributed by atoms with Gasteiger partial charge in [-0.2, -0.15) is 4.72 Å². The molecule has 0 saturated heterocycles. The molecule has 1 rings (SSSR count). The molecule has 0 heterocycles. The average Bonchev–Trinajstić information content (AvgIpc) is 2.27. The molecule has 0 amide bonds. The van der Waals surface area contributed by atoms with Crippen LogP contribution in [-0.2, 0) is 14.8 Å². The number of sulfonamides is 1. The highest BCUT2D eigenvalue weighted by Gasteiger charge is 2.24. The van der Waals surface area contributed by atoms with Crippen LogP contribution in [0.25, 0.3) is 0 Å². The summed E-state index contributed by atoms with van der Waals surface area (Å²) in [4.78, 5) is 10.5. The van der Waals surface area contributed by atoms with Gasteiger partial charge in [0.25, 0.3) is 0 Å². The Morgan fingerprint density at radius 1 is 1.50 bits per heavy atom. The Kier molecular flexibility index (Phi) is 4.55. The molecule has 0 radical (unpaired) electrons. The molecule has 0 aromatic heterocycles. The molecule has 100 valence electrons. The fraction of sp³-hybridized carbons (Fsp3) is 0.300. The van der Waals surface area contributed by atoms with Crippen molar-refractivity contribution in [3.63, 3.8) is 0 Å². The van der Waals surface area contributed by atoms with Gasteiger partial charge in [0.15, 0.2) is 0 Å². The van der Waals surface area contributed by atoms with Crippen LogP contribution < -0.4 is 9.46 Å². The van der Waals surface area contributed by atoms with Crippen LogP contribution in [-0.4, -0.2) is 32.6 Å². The number of hydrogen-bond acceptors (Lipinski definition) is 4. The molecule has 8 heteroatoms. The molecule has 1 atom stereocenters. The topological polar surface area (TPSA) is 92.7 Å². The molecule has 0 fully saturated rings. The molecule has 1 unspecified atom stereocenters. The highest BCUT2D eigenvalue weighted by atomic mass is 35.5.